The quantitative estimate of drug-likeness (QED) is 0.555. The highest BCUT2D eigenvalue weighted by Gasteiger charge is 2.28. The van der Waals surface area contributed by atoms with E-state index in [9.17, 15) is 8.42 Å². The third-order valence-electron chi connectivity index (χ3n) is 3.91. The fraction of sp³-hybridized carbons (Fsp3) is 0.474. The van der Waals surface area contributed by atoms with Crippen molar-refractivity contribution in [1.82, 2.24) is 15.6 Å². The summed E-state index contributed by atoms with van der Waals surface area (Å²) in [5.74, 6) is 1.14. The Morgan fingerprint density at radius 1 is 1.19 bits per heavy atom. The summed E-state index contributed by atoms with van der Waals surface area (Å²) >= 11 is 0. The highest BCUT2D eigenvalue weighted by molar-refractivity contribution is 7.92. The van der Waals surface area contributed by atoms with E-state index in [1.165, 1.54) is 0 Å². The Hall–Kier alpha value is -2.35. The lowest BCUT2D eigenvalue weighted by Crippen LogP contribution is -2.41. The SMILES string of the molecule is CCNC(=NCc1coc(-c2ccccc2)n1)NCCS(=O)(=O)C(C)(C)C. The zero-order valence-electron chi connectivity index (χ0n) is 16.3. The number of hydrogen-bond acceptors (Lipinski definition) is 5. The van der Waals surface area contributed by atoms with Crippen LogP contribution in [0.2, 0.25) is 0 Å². The van der Waals surface area contributed by atoms with Crippen LogP contribution in [-0.2, 0) is 16.4 Å². The number of guanidine groups is 1. The third-order valence-corrected chi connectivity index (χ3v) is 6.52. The summed E-state index contributed by atoms with van der Waals surface area (Å²) in [6.07, 6.45) is 1.58. The van der Waals surface area contributed by atoms with E-state index in [4.69, 9.17) is 4.42 Å². The molecule has 1 aromatic carbocycles. The van der Waals surface area contributed by atoms with E-state index < -0.39 is 14.6 Å². The molecule has 0 aliphatic heterocycles. The van der Waals surface area contributed by atoms with E-state index in [1.54, 1.807) is 27.0 Å². The highest BCUT2D eigenvalue weighted by Crippen LogP contribution is 2.18. The largest absolute Gasteiger partial charge is 0.444 e. The van der Waals surface area contributed by atoms with Crippen molar-refractivity contribution >= 4 is 15.8 Å². The lowest BCUT2D eigenvalue weighted by Gasteiger charge is -2.19. The van der Waals surface area contributed by atoms with E-state index in [0.29, 0.717) is 37.2 Å². The molecular formula is C19H28N4O3S. The Morgan fingerprint density at radius 3 is 2.52 bits per heavy atom. The molecule has 1 heterocycles. The van der Waals surface area contributed by atoms with Gasteiger partial charge in [0.25, 0.3) is 0 Å². The Balaban J connectivity index is 1.97. The van der Waals surface area contributed by atoms with Crippen LogP contribution in [0.3, 0.4) is 0 Å². The minimum absolute atomic E-state index is 0.0447. The van der Waals surface area contributed by atoms with Crippen molar-refractivity contribution in [2.75, 3.05) is 18.8 Å². The van der Waals surface area contributed by atoms with Gasteiger partial charge in [0, 0.05) is 18.7 Å². The van der Waals surface area contributed by atoms with Gasteiger partial charge in [-0.25, -0.2) is 18.4 Å². The second kappa shape index (κ2) is 9.03. The average Bonchev–Trinajstić information content (AvgIpc) is 3.08. The predicted octanol–water partition coefficient (Wildman–Crippen LogP) is 2.61. The van der Waals surface area contributed by atoms with Crippen molar-refractivity contribution in [2.45, 2.75) is 39.0 Å². The molecular weight excluding hydrogens is 364 g/mol. The topological polar surface area (TPSA) is 96.6 Å². The first kappa shape index (κ1) is 21.0. The van der Waals surface area contributed by atoms with Gasteiger partial charge < -0.3 is 15.1 Å². The molecule has 8 heteroatoms. The summed E-state index contributed by atoms with van der Waals surface area (Å²) in [5, 5.41) is 6.16. The van der Waals surface area contributed by atoms with Crippen LogP contribution in [0.5, 0.6) is 0 Å². The Morgan fingerprint density at radius 2 is 1.89 bits per heavy atom. The highest BCUT2D eigenvalue weighted by atomic mass is 32.2. The summed E-state index contributed by atoms with van der Waals surface area (Å²) in [6, 6.07) is 9.65. The van der Waals surface area contributed by atoms with E-state index >= 15 is 0 Å². The summed E-state index contributed by atoms with van der Waals surface area (Å²) in [5.41, 5.74) is 1.61. The molecule has 0 bridgehead atoms. The van der Waals surface area contributed by atoms with Gasteiger partial charge in [-0.15, -0.1) is 0 Å². The molecule has 0 radical (unpaired) electrons. The number of aliphatic imine (C=N–C) groups is 1. The van der Waals surface area contributed by atoms with Crippen molar-refractivity contribution in [3.05, 3.63) is 42.3 Å². The number of oxazole rings is 1. The van der Waals surface area contributed by atoms with Crippen LogP contribution in [-0.4, -0.2) is 43.0 Å². The molecule has 27 heavy (non-hydrogen) atoms. The lowest BCUT2D eigenvalue weighted by atomic mass is 10.2. The van der Waals surface area contributed by atoms with Gasteiger partial charge >= 0.3 is 0 Å². The normalized spacial score (nSPS) is 12.8. The first-order chi connectivity index (χ1) is 12.7. The first-order valence-corrected chi connectivity index (χ1v) is 10.6. The fourth-order valence-corrected chi connectivity index (χ4v) is 3.19. The molecule has 0 fully saturated rings. The number of aromatic nitrogens is 1. The van der Waals surface area contributed by atoms with E-state index in [2.05, 4.69) is 20.6 Å². The minimum atomic E-state index is -3.18. The van der Waals surface area contributed by atoms with Crippen LogP contribution in [0.15, 0.2) is 46.0 Å². The fourth-order valence-electron chi connectivity index (χ4n) is 2.20. The standard InChI is InChI=1S/C19H28N4O3S/c1-5-20-18(21-11-12-27(24,25)19(2,3)4)22-13-16-14-26-17(23-16)15-9-7-6-8-10-15/h6-10,14H,5,11-13H2,1-4H3,(H2,20,21,22). The molecule has 0 spiro atoms. The van der Waals surface area contributed by atoms with Gasteiger partial charge in [0.2, 0.25) is 5.89 Å². The van der Waals surface area contributed by atoms with Crippen molar-refractivity contribution < 1.29 is 12.8 Å². The summed E-state index contributed by atoms with van der Waals surface area (Å²) in [7, 11) is -3.18. The number of benzene rings is 1. The molecule has 0 saturated heterocycles. The Kier molecular flexibility index (Phi) is 7.01. The predicted molar refractivity (Wildman–Crippen MR) is 108 cm³/mol. The number of nitrogens with one attached hydrogen (secondary N) is 2. The molecule has 2 rings (SSSR count). The molecule has 0 aliphatic carbocycles. The molecule has 1 aromatic heterocycles. The lowest BCUT2D eigenvalue weighted by molar-refractivity contribution is 0.559. The Labute approximate surface area is 161 Å². The summed E-state index contributed by atoms with van der Waals surface area (Å²) in [6.45, 7) is 8.36. The van der Waals surface area contributed by atoms with Crippen molar-refractivity contribution in [1.29, 1.82) is 0 Å². The molecule has 7 nitrogen and oxygen atoms in total. The van der Waals surface area contributed by atoms with Crippen molar-refractivity contribution in [3.63, 3.8) is 0 Å². The Bertz CT molecular complexity index is 853. The molecule has 148 valence electrons. The van der Waals surface area contributed by atoms with Gasteiger partial charge in [0.15, 0.2) is 15.8 Å². The number of sulfone groups is 1. The van der Waals surface area contributed by atoms with Crippen LogP contribution >= 0.6 is 0 Å². The molecule has 0 atom stereocenters. The van der Waals surface area contributed by atoms with E-state index in [1.807, 2.05) is 37.3 Å². The summed E-state index contributed by atoms with van der Waals surface area (Å²) < 4.78 is 29.1. The maximum Gasteiger partial charge on any atom is 0.226 e. The third kappa shape index (κ3) is 6.09. The average molecular weight is 393 g/mol. The van der Waals surface area contributed by atoms with Crippen LogP contribution < -0.4 is 10.6 Å². The molecule has 0 saturated carbocycles. The zero-order chi connectivity index (χ0) is 19.9. The molecule has 0 aliphatic rings. The van der Waals surface area contributed by atoms with Crippen LogP contribution in [0.4, 0.5) is 0 Å². The number of rotatable bonds is 7. The second-order valence-corrected chi connectivity index (χ2v) is 9.93. The monoisotopic (exact) mass is 392 g/mol. The van der Waals surface area contributed by atoms with Gasteiger partial charge in [-0.3, -0.25) is 0 Å². The van der Waals surface area contributed by atoms with Crippen LogP contribution in [0, 0.1) is 0 Å². The first-order valence-electron chi connectivity index (χ1n) is 8.97. The summed E-state index contributed by atoms with van der Waals surface area (Å²) in [4.78, 5) is 8.89. The minimum Gasteiger partial charge on any atom is -0.444 e. The maximum absolute atomic E-state index is 12.2. The van der Waals surface area contributed by atoms with Gasteiger partial charge in [-0.2, -0.15) is 0 Å². The second-order valence-electron chi connectivity index (χ2n) is 7.06. The van der Waals surface area contributed by atoms with Gasteiger partial charge in [-0.1, -0.05) is 18.2 Å². The molecule has 0 unspecified atom stereocenters. The van der Waals surface area contributed by atoms with E-state index in [0.717, 1.165) is 5.56 Å². The van der Waals surface area contributed by atoms with Gasteiger partial charge in [0.05, 0.1) is 17.0 Å². The van der Waals surface area contributed by atoms with Crippen LogP contribution in [0.25, 0.3) is 11.5 Å². The van der Waals surface area contributed by atoms with Crippen molar-refractivity contribution in [2.24, 2.45) is 4.99 Å². The smallest absolute Gasteiger partial charge is 0.226 e. The van der Waals surface area contributed by atoms with Crippen molar-refractivity contribution in [3.8, 4) is 11.5 Å². The van der Waals surface area contributed by atoms with Crippen LogP contribution in [0.1, 0.15) is 33.4 Å². The van der Waals surface area contributed by atoms with E-state index in [-0.39, 0.29) is 5.75 Å². The maximum atomic E-state index is 12.2. The molecule has 2 aromatic rings. The number of hydrogen-bond donors (Lipinski definition) is 2. The van der Waals surface area contributed by atoms with Gasteiger partial charge in [0.1, 0.15) is 12.0 Å². The molecule has 0 amide bonds. The van der Waals surface area contributed by atoms with Gasteiger partial charge in [-0.05, 0) is 39.8 Å². The zero-order valence-corrected chi connectivity index (χ0v) is 17.1. The number of nitrogens with zero attached hydrogens (tertiary/aromatic N) is 2. The molecule has 2 N–H and O–H groups in total.